The van der Waals surface area contributed by atoms with E-state index in [0.717, 1.165) is 17.7 Å². The number of hydrogen-bond donors (Lipinski definition) is 1. The summed E-state index contributed by atoms with van der Waals surface area (Å²) < 4.78 is 10.2. The quantitative estimate of drug-likeness (QED) is 0.782. The van der Waals surface area contributed by atoms with Crippen LogP contribution < -0.4 is 10.5 Å². The zero-order chi connectivity index (χ0) is 13.5. The maximum Gasteiger partial charge on any atom is 0.323 e. The molecule has 0 aromatic heterocycles. The number of benzene rings is 1. The molecule has 0 fully saturated rings. The van der Waals surface area contributed by atoms with Gasteiger partial charge in [-0.3, -0.25) is 4.79 Å². The highest BCUT2D eigenvalue weighted by Crippen LogP contribution is 2.21. The lowest BCUT2D eigenvalue weighted by Gasteiger charge is -2.14. The number of esters is 1. The van der Waals surface area contributed by atoms with Crippen molar-refractivity contribution < 1.29 is 14.3 Å². The molecule has 0 aliphatic rings. The molecule has 0 aliphatic carbocycles. The molecular weight excluding hydrogens is 230 g/mol. The Balaban J connectivity index is 2.84. The minimum Gasteiger partial charge on any atom is -0.496 e. The highest BCUT2D eigenvalue weighted by molar-refractivity contribution is 5.76. The van der Waals surface area contributed by atoms with Crippen LogP contribution in [0.5, 0.6) is 5.75 Å². The molecule has 4 nitrogen and oxygen atoms in total. The molecule has 0 radical (unpaired) electrons. The van der Waals surface area contributed by atoms with Gasteiger partial charge in [-0.2, -0.15) is 0 Å². The van der Waals surface area contributed by atoms with Gasteiger partial charge in [-0.1, -0.05) is 19.1 Å². The number of aryl methyl sites for hydroxylation is 1. The van der Waals surface area contributed by atoms with E-state index in [1.807, 2.05) is 18.2 Å². The second kappa shape index (κ2) is 7.01. The van der Waals surface area contributed by atoms with E-state index in [4.69, 9.17) is 15.2 Å². The average molecular weight is 251 g/mol. The van der Waals surface area contributed by atoms with Crippen LogP contribution in [0.1, 0.15) is 25.0 Å². The van der Waals surface area contributed by atoms with Gasteiger partial charge in [0.2, 0.25) is 0 Å². The minimum atomic E-state index is -0.647. The van der Waals surface area contributed by atoms with Crippen molar-refractivity contribution in [2.45, 2.75) is 32.7 Å². The van der Waals surface area contributed by atoms with E-state index in [-0.39, 0.29) is 5.97 Å². The van der Waals surface area contributed by atoms with E-state index in [0.29, 0.717) is 13.0 Å². The Hall–Kier alpha value is -1.55. The van der Waals surface area contributed by atoms with Gasteiger partial charge < -0.3 is 15.2 Å². The third-order valence-corrected chi connectivity index (χ3v) is 2.78. The van der Waals surface area contributed by atoms with Gasteiger partial charge in [0, 0.05) is 6.42 Å². The molecule has 1 unspecified atom stereocenters. The summed E-state index contributed by atoms with van der Waals surface area (Å²) in [7, 11) is 1.61. The first-order valence-electron chi connectivity index (χ1n) is 6.20. The van der Waals surface area contributed by atoms with E-state index in [2.05, 4.69) is 6.92 Å². The summed E-state index contributed by atoms with van der Waals surface area (Å²) >= 11 is 0. The highest BCUT2D eigenvalue weighted by atomic mass is 16.5. The van der Waals surface area contributed by atoms with Crippen LogP contribution in [-0.2, 0) is 22.4 Å². The average Bonchev–Trinajstić information content (AvgIpc) is 2.38. The van der Waals surface area contributed by atoms with Crippen LogP contribution in [0, 0.1) is 0 Å². The van der Waals surface area contributed by atoms with Gasteiger partial charge >= 0.3 is 5.97 Å². The Morgan fingerprint density at radius 3 is 2.67 bits per heavy atom. The minimum absolute atomic E-state index is 0.346. The lowest BCUT2D eigenvalue weighted by atomic mass is 10.0. The van der Waals surface area contributed by atoms with Crippen LogP contribution in [0.3, 0.4) is 0 Å². The molecule has 0 bridgehead atoms. The lowest BCUT2D eigenvalue weighted by Crippen LogP contribution is -2.34. The number of rotatable bonds is 6. The van der Waals surface area contributed by atoms with Crippen LogP contribution in [0.25, 0.3) is 0 Å². The fourth-order valence-electron chi connectivity index (χ4n) is 1.78. The topological polar surface area (TPSA) is 61.5 Å². The molecular formula is C14H21NO3. The Labute approximate surface area is 108 Å². The summed E-state index contributed by atoms with van der Waals surface area (Å²) in [5.41, 5.74) is 7.96. The summed E-state index contributed by atoms with van der Waals surface area (Å²) in [5, 5.41) is 0. The second-order valence-corrected chi connectivity index (χ2v) is 4.06. The Morgan fingerprint density at radius 2 is 2.11 bits per heavy atom. The molecule has 0 heterocycles. The maximum atomic E-state index is 11.5. The summed E-state index contributed by atoms with van der Waals surface area (Å²) in [6, 6.07) is 5.30. The Morgan fingerprint density at radius 1 is 1.39 bits per heavy atom. The van der Waals surface area contributed by atoms with E-state index in [1.54, 1.807) is 14.0 Å². The van der Waals surface area contributed by atoms with Crippen LogP contribution >= 0.6 is 0 Å². The molecule has 0 amide bonds. The summed E-state index contributed by atoms with van der Waals surface area (Å²) in [5.74, 6) is 0.383. The number of methoxy groups -OCH3 is 1. The van der Waals surface area contributed by atoms with Gasteiger partial charge in [0.15, 0.2) is 0 Å². The van der Waals surface area contributed by atoms with Gasteiger partial charge in [0.1, 0.15) is 11.8 Å². The molecule has 100 valence electrons. The molecule has 0 aliphatic heterocycles. The van der Waals surface area contributed by atoms with E-state index in [1.165, 1.54) is 5.56 Å². The zero-order valence-electron chi connectivity index (χ0n) is 11.2. The van der Waals surface area contributed by atoms with Crippen LogP contribution in [0.2, 0.25) is 0 Å². The van der Waals surface area contributed by atoms with Crippen molar-refractivity contribution in [2.24, 2.45) is 5.73 Å². The van der Waals surface area contributed by atoms with Crippen molar-refractivity contribution in [1.82, 2.24) is 0 Å². The standard InChI is InChI=1S/C14H21NO3/c1-4-10-6-7-13(17-3)11(8-10)9-12(15)14(16)18-5-2/h6-8,12H,4-5,9,15H2,1-3H3. The molecule has 0 spiro atoms. The van der Waals surface area contributed by atoms with Crippen LogP contribution in [0.4, 0.5) is 0 Å². The van der Waals surface area contributed by atoms with Crippen molar-refractivity contribution in [3.8, 4) is 5.75 Å². The first-order chi connectivity index (χ1) is 8.62. The Kier molecular flexibility index (Phi) is 5.65. The summed E-state index contributed by atoms with van der Waals surface area (Å²) in [4.78, 5) is 11.5. The molecule has 2 N–H and O–H groups in total. The maximum absolute atomic E-state index is 11.5. The van der Waals surface area contributed by atoms with Gasteiger partial charge in [-0.25, -0.2) is 0 Å². The van der Waals surface area contributed by atoms with E-state index < -0.39 is 6.04 Å². The van der Waals surface area contributed by atoms with Crippen molar-refractivity contribution in [3.63, 3.8) is 0 Å². The van der Waals surface area contributed by atoms with E-state index in [9.17, 15) is 4.79 Å². The van der Waals surface area contributed by atoms with Gasteiger partial charge in [-0.15, -0.1) is 0 Å². The van der Waals surface area contributed by atoms with Crippen LogP contribution in [-0.4, -0.2) is 25.7 Å². The Bertz CT molecular complexity index is 404. The number of carbonyl (C=O) groups is 1. The largest absolute Gasteiger partial charge is 0.496 e. The fraction of sp³-hybridized carbons (Fsp3) is 0.500. The van der Waals surface area contributed by atoms with Crippen molar-refractivity contribution in [1.29, 1.82) is 0 Å². The molecule has 0 saturated heterocycles. The summed E-state index contributed by atoms with van der Waals surface area (Å²) in [6.07, 6.45) is 1.36. The molecule has 1 atom stereocenters. The molecule has 1 aromatic rings. The SMILES string of the molecule is CCOC(=O)C(N)Cc1cc(CC)ccc1OC. The molecule has 1 rings (SSSR count). The van der Waals surface area contributed by atoms with Crippen LogP contribution in [0.15, 0.2) is 18.2 Å². The van der Waals surface area contributed by atoms with Gasteiger partial charge in [0.05, 0.1) is 13.7 Å². The normalized spacial score (nSPS) is 12.0. The first-order valence-corrected chi connectivity index (χ1v) is 6.20. The molecule has 0 saturated carbocycles. The predicted molar refractivity (Wildman–Crippen MR) is 70.7 cm³/mol. The molecule has 18 heavy (non-hydrogen) atoms. The molecule has 4 heteroatoms. The predicted octanol–water partition coefficient (Wildman–Crippen LogP) is 1.69. The second-order valence-electron chi connectivity index (χ2n) is 4.06. The third kappa shape index (κ3) is 3.74. The number of carbonyl (C=O) groups excluding carboxylic acids is 1. The number of hydrogen-bond acceptors (Lipinski definition) is 4. The first kappa shape index (κ1) is 14.5. The summed E-state index contributed by atoms with van der Waals surface area (Å²) in [6.45, 7) is 4.19. The lowest BCUT2D eigenvalue weighted by molar-refractivity contribution is -0.144. The van der Waals surface area contributed by atoms with Crippen molar-refractivity contribution >= 4 is 5.97 Å². The number of nitrogens with two attached hydrogens (primary N) is 1. The zero-order valence-corrected chi connectivity index (χ0v) is 11.2. The van der Waals surface area contributed by atoms with E-state index >= 15 is 0 Å². The smallest absolute Gasteiger partial charge is 0.323 e. The number of ether oxygens (including phenoxy) is 2. The monoisotopic (exact) mass is 251 g/mol. The van der Waals surface area contributed by atoms with Gasteiger partial charge in [-0.05, 0) is 30.5 Å². The highest BCUT2D eigenvalue weighted by Gasteiger charge is 2.17. The fourth-order valence-corrected chi connectivity index (χ4v) is 1.78. The molecule has 1 aromatic carbocycles. The van der Waals surface area contributed by atoms with Crippen molar-refractivity contribution in [3.05, 3.63) is 29.3 Å². The van der Waals surface area contributed by atoms with Gasteiger partial charge in [0.25, 0.3) is 0 Å². The third-order valence-electron chi connectivity index (χ3n) is 2.78. The van der Waals surface area contributed by atoms with Crippen molar-refractivity contribution in [2.75, 3.05) is 13.7 Å².